The van der Waals surface area contributed by atoms with Crippen LogP contribution < -0.4 is 0 Å². The summed E-state index contributed by atoms with van der Waals surface area (Å²) in [7, 11) is 0. The molecule has 2 fully saturated rings. The summed E-state index contributed by atoms with van der Waals surface area (Å²) in [6.07, 6.45) is 6.39. The van der Waals surface area contributed by atoms with E-state index in [1.54, 1.807) is 0 Å². The third-order valence-corrected chi connectivity index (χ3v) is 5.98. The van der Waals surface area contributed by atoms with Gasteiger partial charge in [-0.25, -0.2) is 0 Å². The highest BCUT2D eigenvalue weighted by atomic mass is 16.7. The molecular weight excluding hydrogens is 382 g/mol. The minimum absolute atomic E-state index is 0.128. The summed E-state index contributed by atoms with van der Waals surface area (Å²) >= 11 is 0. The zero-order chi connectivity index (χ0) is 21.2. The number of carbonyl (C=O) groups is 2. The Balaban J connectivity index is 1.41. The minimum atomic E-state index is -0.362. The number of hydrogen-bond acceptors (Lipinski definition) is 6. The van der Waals surface area contributed by atoms with Crippen molar-refractivity contribution in [2.24, 2.45) is 0 Å². The van der Waals surface area contributed by atoms with E-state index in [-0.39, 0.29) is 17.5 Å². The monoisotopic (exact) mass is 417 g/mol. The lowest BCUT2D eigenvalue weighted by Crippen LogP contribution is -2.44. The number of rotatable bonds is 11. The molecule has 0 N–H and O–H groups in total. The molecule has 3 rings (SSSR count). The van der Waals surface area contributed by atoms with E-state index in [2.05, 4.69) is 11.0 Å². The van der Waals surface area contributed by atoms with Gasteiger partial charge in [-0.15, -0.1) is 0 Å². The molecule has 1 spiro atoms. The van der Waals surface area contributed by atoms with Crippen molar-refractivity contribution >= 4 is 11.8 Å². The molecule has 0 aliphatic carbocycles. The average Bonchev–Trinajstić information content (AvgIpc) is 3.21. The van der Waals surface area contributed by atoms with E-state index < -0.39 is 0 Å². The van der Waals surface area contributed by atoms with Crippen molar-refractivity contribution in [1.29, 1.82) is 0 Å². The molecule has 0 saturated carbocycles. The van der Waals surface area contributed by atoms with Gasteiger partial charge in [0.25, 0.3) is 0 Å². The maximum absolute atomic E-state index is 12.8. The fourth-order valence-electron chi connectivity index (χ4n) is 4.28. The second-order valence-electron chi connectivity index (χ2n) is 8.18. The molecule has 2 aliphatic heterocycles. The van der Waals surface area contributed by atoms with Gasteiger partial charge >= 0.3 is 5.97 Å². The Morgan fingerprint density at radius 2 is 1.67 bits per heavy atom. The molecule has 0 radical (unpaired) electrons. The largest absolute Gasteiger partial charge is 0.466 e. The Morgan fingerprint density at radius 1 is 1.00 bits per heavy atom. The van der Waals surface area contributed by atoms with Crippen LogP contribution in [0.2, 0.25) is 0 Å². The van der Waals surface area contributed by atoms with E-state index in [9.17, 15) is 9.59 Å². The Morgan fingerprint density at radius 3 is 2.37 bits per heavy atom. The lowest BCUT2D eigenvalue weighted by atomic mass is 9.97. The fraction of sp³-hybridized carbons (Fsp3) is 0.667. The van der Waals surface area contributed by atoms with E-state index in [0.717, 1.165) is 69.3 Å². The van der Waals surface area contributed by atoms with Gasteiger partial charge in [0.2, 0.25) is 0 Å². The number of unbranched alkanes of at least 4 members (excludes halogenated alkanes) is 3. The number of likely N-dealkylation sites (tertiary alicyclic amines) is 1. The zero-order valence-corrected chi connectivity index (χ0v) is 18.2. The first kappa shape index (κ1) is 22.9. The molecular formula is C24H35NO5. The van der Waals surface area contributed by atoms with Crippen LogP contribution in [-0.4, -0.2) is 55.3 Å². The van der Waals surface area contributed by atoms with Crippen LogP contribution in [0.5, 0.6) is 0 Å². The molecule has 0 bridgehead atoms. The predicted molar refractivity (Wildman–Crippen MR) is 114 cm³/mol. The Kier molecular flexibility index (Phi) is 8.85. The number of esters is 1. The summed E-state index contributed by atoms with van der Waals surface area (Å²) in [6.45, 7) is 6.28. The highest BCUT2D eigenvalue weighted by Crippen LogP contribution is 2.32. The topological polar surface area (TPSA) is 65.1 Å². The lowest BCUT2D eigenvalue weighted by Gasteiger charge is -2.37. The number of piperidine rings is 1. The highest BCUT2D eigenvalue weighted by molar-refractivity contribution is 5.97. The number of Topliss-reactive ketones (excluding diaryl/α,β-unsaturated/α-hetero) is 1. The minimum Gasteiger partial charge on any atom is -0.466 e. The standard InChI is InChI=1S/C24H35NO5/c1-2-28-23(27)12-6-4-3-5-11-22(26)21-10-8-7-9-20(21)19-25-15-13-24(14-16-25)29-17-18-30-24/h7-10H,2-6,11-19H2,1H3. The molecule has 6 heteroatoms. The number of nitrogens with zero attached hydrogens (tertiary/aromatic N) is 1. The first-order chi connectivity index (χ1) is 14.6. The van der Waals surface area contributed by atoms with Gasteiger partial charge in [-0.3, -0.25) is 14.5 Å². The molecule has 0 unspecified atom stereocenters. The predicted octanol–water partition coefficient (Wildman–Crippen LogP) is 4.11. The van der Waals surface area contributed by atoms with Gasteiger partial charge < -0.3 is 14.2 Å². The molecule has 30 heavy (non-hydrogen) atoms. The van der Waals surface area contributed by atoms with Gasteiger partial charge in [-0.2, -0.15) is 0 Å². The Labute approximate surface area is 179 Å². The maximum Gasteiger partial charge on any atom is 0.305 e. The third kappa shape index (κ3) is 6.62. The van der Waals surface area contributed by atoms with Gasteiger partial charge in [0, 0.05) is 50.9 Å². The SMILES string of the molecule is CCOC(=O)CCCCCCC(=O)c1ccccc1CN1CCC2(CC1)OCCO2. The summed E-state index contributed by atoms with van der Waals surface area (Å²) in [5.41, 5.74) is 1.95. The van der Waals surface area contributed by atoms with Gasteiger partial charge in [0.15, 0.2) is 11.6 Å². The first-order valence-electron chi connectivity index (χ1n) is 11.4. The van der Waals surface area contributed by atoms with Crippen LogP contribution in [0.25, 0.3) is 0 Å². The van der Waals surface area contributed by atoms with E-state index in [1.807, 2.05) is 25.1 Å². The number of ketones is 1. The number of benzene rings is 1. The number of ether oxygens (including phenoxy) is 3. The molecule has 2 heterocycles. The van der Waals surface area contributed by atoms with Gasteiger partial charge in [-0.1, -0.05) is 37.1 Å². The molecule has 0 aromatic heterocycles. The van der Waals surface area contributed by atoms with Crippen molar-refractivity contribution in [3.05, 3.63) is 35.4 Å². The summed E-state index contributed by atoms with van der Waals surface area (Å²) < 4.78 is 16.6. The molecule has 6 nitrogen and oxygen atoms in total. The van der Waals surface area contributed by atoms with Crippen LogP contribution in [0.15, 0.2) is 24.3 Å². The van der Waals surface area contributed by atoms with Crippen LogP contribution in [0.1, 0.15) is 74.2 Å². The van der Waals surface area contributed by atoms with Crippen LogP contribution in [0.4, 0.5) is 0 Å². The summed E-state index contributed by atoms with van der Waals surface area (Å²) in [5, 5.41) is 0. The number of carbonyl (C=O) groups excluding carboxylic acids is 2. The Bertz CT molecular complexity index is 689. The van der Waals surface area contributed by atoms with E-state index in [0.29, 0.717) is 32.7 Å². The van der Waals surface area contributed by atoms with Crippen LogP contribution >= 0.6 is 0 Å². The van der Waals surface area contributed by atoms with Gasteiger partial charge in [-0.05, 0) is 25.3 Å². The highest BCUT2D eigenvalue weighted by Gasteiger charge is 2.39. The summed E-state index contributed by atoms with van der Waals surface area (Å²) in [4.78, 5) is 26.5. The zero-order valence-electron chi connectivity index (χ0n) is 18.2. The second-order valence-corrected chi connectivity index (χ2v) is 8.18. The maximum atomic E-state index is 12.8. The van der Waals surface area contributed by atoms with Crippen molar-refractivity contribution < 1.29 is 23.8 Å². The van der Waals surface area contributed by atoms with Crippen LogP contribution in [-0.2, 0) is 25.5 Å². The van der Waals surface area contributed by atoms with Gasteiger partial charge in [0.05, 0.1) is 19.8 Å². The molecule has 0 atom stereocenters. The average molecular weight is 418 g/mol. The smallest absolute Gasteiger partial charge is 0.305 e. The van der Waals surface area contributed by atoms with Crippen molar-refractivity contribution in [2.75, 3.05) is 32.9 Å². The molecule has 1 aromatic carbocycles. The van der Waals surface area contributed by atoms with Gasteiger partial charge in [0.1, 0.15) is 0 Å². The van der Waals surface area contributed by atoms with Crippen LogP contribution in [0.3, 0.4) is 0 Å². The quantitative estimate of drug-likeness (QED) is 0.307. The molecule has 166 valence electrons. The normalized spacial score (nSPS) is 18.6. The Hall–Kier alpha value is -1.76. The first-order valence-corrected chi connectivity index (χ1v) is 11.4. The van der Waals surface area contributed by atoms with E-state index >= 15 is 0 Å². The number of hydrogen-bond donors (Lipinski definition) is 0. The summed E-state index contributed by atoms with van der Waals surface area (Å²) in [5.74, 6) is -0.275. The van der Waals surface area contributed by atoms with Crippen LogP contribution in [0, 0.1) is 0 Å². The fourth-order valence-corrected chi connectivity index (χ4v) is 4.28. The molecule has 2 aliphatic rings. The lowest BCUT2D eigenvalue weighted by molar-refractivity contribution is -0.185. The second kappa shape index (κ2) is 11.6. The van der Waals surface area contributed by atoms with Crippen molar-refractivity contribution in [3.63, 3.8) is 0 Å². The molecule has 1 aromatic rings. The molecule has 0 amide bonds. The van der Waals surface area contributed by atoms with E-state index in [4.69, 9.17) is 14.2 Å². The third-order valence-electron chi connectivity index (χ3n) is 5.98. The van der Waals surface area contributed by atoms with E-state index in [1.165, 1.54) is 0 Å². The molecule has 2 saturated heterocycles. The van der Waals surface area contributed by atoms with Crippen molar-refractivity contribution in [3.8, 4) is 0 Å². The van der Waals surface area contributed by atoms with Crippen molar-refractivity contribution in [2.45, 2.75) is 70.6 Å². The van der Waals surface area contributed by atoms with Crippen molar-refractivity contribution in [1.82, 2.24) is 4.90 Å². The summed E-state index contributed by atoms with van der Waals surface area (Å²) in [6, 6.07) is 7.98.